The number of ether oxygens (including phenoxy) is 2. The molecule has 3 heterocycles. The summed E-state index contributed by atoms with van der Waals surface area (Å²) in [6, 6.07) is 13.3. The molecule has 2 aliphatic rings. The van der Waals surface area contributed by atoms with Crippen molar-refractivity contribution in [2.75, 3.05) is 18.7 Å². The second-order valence-corrected chi connectivity index (χ2v) is 9.64. The second-order valence-electron chi connectivity index (χ2n) is 8.15. The highest BCUT2D eigenvalue weighted by atomic mass is 35.5. The van der Waals surface area contributed by atoms with E-state index in [0.717, 1.165) is 33.2 Å². The zero-order valence-corrected chi connectivity index (χ0v) is 19.5. The molecule has 1 N–H and O–H groups in total. The van der Waals surface area contributed by atoms with E-state index >= 15 is 0 Å². The molecule has 1 saturated heterocycles. The van der Waals surface area contributed by atoms with E-state index in [1.54, 1.807) is 11.0 Å². The molecule has 1 atom stereocenters. The number of aryl methyl sites for hydroxylation is 1. The van der Waals surface area contributed by atoms with Crippen molar-refractivity contribution in [2.24, 2.45) is 5.92 Å². The maximum absolute atomic E-state index is 12.9. The SMILES string of the molecule is Cc1nc(NC(=O)C2CC(=O)N(Cc3ccccc3Cl)C2)sc1Cc1ccc2c(c1)OCO2. The van der Waals surface area contributed by atoms with Crippen LogP contribution in [0.3, 0.4) is 0 Å². The lowest BCUT2D eigenvalue weighted by Gasteiger charge is -2.17. The molecule has 7 nitrogen and oxygen atoms in total. The Kier molecular flexibility index (Phi) is 5.95. The van der Waals surface area contributed by atoms with Crippen molar-refractivity contribution in [3.8, 4) is 11.5 Å². The van der Waals surface area contributed by atoms with Crippen LogP contribution in [0, 0.1) is 12.8 Å². The van der Waals surface area contributed by atoms with Crippen LogP contribution in [0.1, 0.15) is 28.1 Å². The molecule has 3 aromatic rings. The first-order chi connectivity index (χ1) is 16.0. The number of nitrogens with zero attached hydrogens (tertiary/aromatic N) is 2. The Balaban J connectivity index is 1.21. The van der Waals surface area contributed by atoms with E-state index in [-0.39, 0.29) is 25.0 Å². The van der Waals surface area contributed by atoms with Gasteiger partial charge in [-0.05, 0) is 36.2 Å². The van der Waals surface area contributed by atoms with Gasteiger partial charge in [0.15, 0.2) is 16.6 Å². The largest absolute Gasteiger partial charge is 0.454 e. The Bertz CT molecular complexity index is 1230. The Labute approximate surface area is 200 Å². The van der Waals surface area contributed by atoms with Crippen LogP contribution in [-0.2, 0) is 22.6 Å². The summed E-state index contributed by atoms with van der Waals surface area (Å²) in [4.78, 5) is 32.6. The van der Waals surface area contributed by atoms with Gasteiger partial charge in [-0.15, -0.1) is 11.3 Å². The highest BCUT2D eigenvalue weighted by Gasteiger charge is 2.35. The van der Waals surface area contributed by atoms with Crippen molar-refractivity contribution in [2.45, 2.75) is 26.3 Å². The number of hydrogen-bond donors (Lipinski definition) is 1. The number of anilines is 1. The normalized spacial score (nSPS) is 17.0. The van der Waals surface area contributed by atoms with Gasteiger partial charge >= 0.3 is 0 Å². The van der Waals surface area contributed by atoms with Gasteiger partial charge in [-0.25, -0.2) is 4.98 Å². The van der Waals surface area contributed by atoms with Crippen molar-refractivity contribution in [3.63, 3.8) is 0 Å². The first-order valence-electron chi connectivity index (χ1n) is 10.6. The summed E-state index contributed by atoms with van der Waals surface area (Å²) >= 11 is 7.67. The average Bonchev–Trinajstić information content (AvgIpc) is 3.49. The number of aromatic nitrogens is 1. The number of hydrogen-bond acceptors (Lipinski definition) is 6. The monoisotopic (exact) mass is 483 g/mol. The quantitative estimate of drug-likeness (QED) is 0.561. The Morgan fingerprint density at radius 1 is 1.24 bits per heavy atom. The molecule has 0 bridgehead atoms. The number of carbonyl (C=O) groups is 2. The fourth-order valence-electron chi connectivity index (χ4n) is 4.02. The number of amides is 2. The van der Waals surface area contributed by atoms with Gasteiger partial charge in [-0.1, -0.05) is 35.9 Å². The molecule has 170 valence electrons. The van der Waals surface area contributed by atoms with Gasteiger partial charge in [0.1, 0.15) is 0 Å². The van der Waals surface area contributed by atoms with E-state index in [0.29, 0.717) is 29.7 Å². The number of halogens is 1. The third-order valence-electron chi connectivity index (χ3n) is 5.83. The molecule has 2 aliphatic heterocycles. The van der Waals surface area contributed by atoms with Gasteiger partial charge in [0, 0.05) is 35.8 Å². The lowest BCUT2D eigenvalue weighted by molar-refractivity contribution is -0.128. The van der Waals surface area contributed by atoms with Crippen LogP contribution in [0.25, 0.3) is 0 Å². The summed E-state index contributed by atoms with van der Waals surface area (Å²) in [5, 5.41) is 4.07. The van der Waals surface area contributed by atoms with Crippen molar-refractivity contribution in [3.05, 3.63) is 69.2 Å². The molecule has 2 aromatic carbocycles. The third-order valence-corrected chi connectivity index (χ3v) is 7.27. The molecule has 5 rings (SSSR count). The molecule has 0 spiro atoms. The van der Waals surface area contributed by atoms with E-state index in [9.17, 15) is 9.59 Å². The highest BCUT2D eigenvalue weighted by molar-refractivity contribution is 7.15. The number of likely N-dealkylation sites (tertiary alicyclic amines) is 1. The van der Waals surface area contributed by atoms with Crippen LogP contribution in [0.5, 0.6) is 11.5 Å². The van der Waals surface area contributed by atoms with Crippen LogP contribution < -0.4 is 14.8 Å². The lowest BCUT2D eigenvalue weighted by atomic mass is 10.1. The van der Waals surface area contributed by atoms with E-state index in [1.807, 2.05) is 43.3 Å². The van der Waals surface area contributed by atoms with Crippen molar-refractivity contribution in [1.29, 1.82) is 0 Å². The van der Waals surface area contributed by atoms with Gasteiger partial charge in [0.2, 0.25) is 18.6 Å². The highest BCUT2D eigenvalue weighted by Crippen LogP contribution is 2.34. The van der Waals surface area contributed by atoms with Crippen LogP contribution >= 0.6 is 22.9 Å². The Hall–Kier alpha value is -3.10. The topological polar surface area (TPSA) is 80.8 Å². The Morgan fingerprint density at radius 3 is 2.91 bits per heavy atom. The van der Waals surface area contributed by atoms with Crippen molar-refractivity contribution in [1.82, 2.24) is 9.88 Å². The zero-order valence-electron chi connectivity index (χ0n) is 18.0. The zero-order chi connectivity index (χ0) is 22.9. The summed E-state index contributed by atoms with van der Waals surface area (Å²) in [7, 11) is 0. The predicted octanol–water partition coefficient (Wildman–Crippen LogP) is 4.41. The molecular weight excluding hydrogens is 462 g/mol. The van der Waals surface area contributed by atoms with Gasteiger partial charge in [-0.3, -0.25) is 9.59 Å². The molecule has 0 aliphatic carbocycles. The first-order valence-corrected chi connectivity index (χ1v) is 11.8. The number of nitrogens with one attached hydrogen (secondary N) is 1. The van der Waals surface area contributed by atoms with Gasteiger partial charge in [-0.2, -0.15) is 0 Å². The van der Waals surface area contributed by atoms with E-state index in [1.165, 1.54) is 11.3 Å². The summed E-state index contributed by atoms with van der Waals surface area (Å²) in [6.45, 7) is 2.94. The average molecular weight is 484 g/mol. The summed E-state index contributed by atoms with van der Waals surface area (Å²) in [5.41, 5.74) is 2.83. The number of fused-ring (bicyclic) bond motifs is 1. The minimum absolute atomic E-state index is 0.0473. The summed E-state index contributed by atoms with van der Waals surface area (Å²) in [6.07, 6.45) is 0.869. The number of rotatable bonds is 6. The first kappa shape index (κ1) is 21.7. The fourth-order valence-corrected chi connectivity index (χ4v) is 5.22. The van der Waals surface area contributed by atoms with E-state index in [4.69, 9.17) is 21.1 Å². The standard InChI is InChI=1S/C24H22ClN3O4S/c1-14-21(9-15-6-7-19-20(8-15)32-13-31-19)33-24(26-14)27-23(30)17-10-22(29)28(12-17)11-16-4-2-3-5-18(16)25/h2-8,17H,9-13H2,1H3,(H,26,27,30). The molecule has 2 amide bonds. The number of benzene rings is 2. The lowest BCUT2D eigenvalue weighted by Crippen LogP contribution is -2.28. The smallest absolute Gasteiger partial charge is 0.231 e. The second kappa shape index (κ2) is 9.03. The van der Waals surface area contributed by atoms with Gasteiger partial charge in [0.25, 0.3) is 0 Å². The van der Waals surface area contributed by atoms with Gasteiger partial charge in [0.05, 0.1) is 11.6 Å². The molecule has 1 aromatic heterocycles. The summed E-state index contributed by atoms with van der Waals surface area (Å²) in [5.74, 6) is 0.849. The summed E-state index contributed by atoms with van der Waals surface area (Å²) < 4.78 is 10.8. The maximum Gasteiger partial charge on any atom is 0.231 e. The Morgan fingerprint density at radius 2 is 2.06 bits per heavy atom. The molecule has 0 radical (unpaired) electrons. The third kappa shape index (κ3) is 4.67. The fraction of sp³-hybridized carbons (Fsp3) is 0.292. The van der Waals surface area contributed by atoms with Crippen LogP contribution in [0.4, 0.5) is 5.13 Å². The number of thiazole rings is 1. The van der Waals surface area contributed by atoms with Gasteiger partial charge < -0.3 is 19.7 Å². The molecule has 0 saturated carbocycles. The molecule has 33 heavy (non-hydrogen) atoms. The van der Waals surface area contributed by atoms with Crippen molar-refractivity contribution < 1.29 is 19.1 Å². The van der Waals surface area contributed by atoms with E-state index < -0.39 is 5.92 Å². The predicted molar refractivity (Wildman–Crippen MR) is 126 cm³/mol. The minimum Gasteiger partial charge on any atom is -0.454 e. The minimum atomic E-state index is -0.415. The van der Waals surface area contributed by atoms with Crippen molar-refractivity contribution >= 4 is 39.9 Å². The maximum atomic E-state index is 12.9. The van der Waals surface area contributed by atoms with Crippen LogP contribution in [0.15, 0.2) is 42.5 Å². The number of carbonyl (C=O) groups excluding carboxylic acids is 2. The molecule has 1 unspecified atom stereocenters. The van der Waals surface area contributed by atoms with Crippen LogP contribution in [-0.4, -0.2) is 35.0 Å². The molecular formula is C24H22ClN3O4S. The van der Waals surface area contributed by atoms with E-state index in [2.05, 4.69) is 10.3 Å². The van der Waals surface area contributed by atoms with Crippen LogP contribution in [0.2, 0.25) is 5.02 Å². The molecule has 9 heteroatoms. The molecule has 1 fully saturated rings.